The summed E-state index contributed by atoms with van der Waals surface area (Å²) in [6.45, 7) is 6.47. The maximum Gasteiger partial charge on any atom is 0.151 e. The lowest BCUT2D eigenvalue weighted by atomic mass is 10.00. The van der Waals surface area contributed by atoms with Gasteiger partial charge in [-0.25, -0.2) is 4.98 Å². The molecule has 1 atom stereocenters. The summed E-state index contributed by atoms with van der Waals surface area (Å²) in [6.07, 6.45) is 1.82. The van der Waals surface area contributed by atoms with E-state index in [2.05, 4.69) is 55.3 Å². The lowest BCUT2D eigenvalue weighted by Gasteiger charge is -2.22. The van der Waals surface area contributed by atoms with Crippen LogP contribution in [0.2, 0.25) is 0 Å². The number of anilines is 2. The molecule has 1 heterocycles. The molecule has 3 nitrogen and oxygen atoms in total. The topological polar surface area (TPSA) is 28.2 Å². The Hall–Kier alpha value is -2.03. The highest BCUT2D eigenvalue weighted by atomic mass is 15.2. The van der Waals surface area contributed by atoms with Gasteiger partial charge in [-0.2, -0.15) is 0 Å². The van der Waals surface area contributed by atoms with Crippen molar-refractivity contribution >= 4 is 11.5 Å². The highest BCUT2D eigenvalue weighted by molar-refractivity contribution is 5.65. The van der Waals surface area contributed by atoms with Gasteiger partial charge >= 0.3 is 0 Å². The molecule has 0 radical (unpaired) electrons. The summed E-state index contributed by atoms with van der Waals surface area (Å²) in [4.78, 5) is 6.45. The minimum absolute atomic E-state index is 0.249. The van der Waals surface area contributed by atoms with Crippen LogP contribution in [0, 0.1) is 13.8 Å². The molecule has 1 unspecified atom stereocenters. The van der Waals surface area contributed by atoms with E-state index in [1.54, 1.807) is 0 Å². The zero-order chi connectivity index (χ0) is 14.7. The van der Waals surface area contributed by atoms with Gasteiger partial charge in [0.15, 0.2) is 5.82 Å². The fraction of sp³-hybridized carbons (Fsp3) is 0.353. The SMILES string of the molecule is Cc1ccc(C(C)Nc2cccnc2N(C)C)c(C)c1. The Labute approximate surface area is 121 Å². The van der Waals surface area contributed by atoms with Crippen molar-refractivity contribution in [1.82, 2.24) is 4.98 Å². The number of hydrogen-bond acceptors (Lipinski definition) is 3. The monoisotopic (exact) mass is 269 g/mol. The van der Waals surface area contributed by atoms with Gasteiger partial charge in [0.25, 0.3) is 0 Å². The Balaban J connectivity index is 2.26. The molecule has 0 saturated carbocycles. The number of nitrogens with one attached hydrogen (secondary N) is 1. The largest absolute Gasteiger partial charge is 0.376 e. The van der Waals surface area contributed by atoms with E-state index < -0.39 is 0 Å². The quantitative estimate of drug-likeness (QED) is 0.911. The van der Waals surface area contributed by atoms with E-state index in [-0.39, 0.29) is 6.04 Å². The van der Waals surface area contributed by atoms with Crippen molar-refractivity contribution in [2.24, 2.45) is 0 Å². The molecular weight excluding hydrogens is 246 g/mol. The van der Waals surface area contributed by atoms with Crippen molar-refractivity contribution in [2.45, 2.75) is 26.8 Å². The molecule has 0 aliphatic rings. The molecule has 2 rings (SSSR count). The lowest BCUT2D eigenvalue weighted by Crippen LogP contribution is -2.15. The van der Waals surface area contributed by atoms with Crippen molar-refractivity contribution in [3.63, 3.8) is 0 Å². The van der Waals surface area contributed by atoms with Gasteiger partial charge in [0.2, 0.25) is 0 Å². The van der Waals surface area contributed by atoms with Crippen LogP contribution in [0.25, 0.3) is 0 Å². The summed E-state index contributed by atoms with van der Waals surface area (Å²) < 4.78 is 0. The molecule has 3 heteroatoms. The summed E-state index contributed by atoms with van der Waals surface area (Å²) in [6, 6.07) is 10.9. The average molecular weight is 269 g/mol. The molecule has 0 spiro atoms. The molecule has 0 aliphatic carbocycles. The molecule has 1 aromatic carbocycles. The molecule has 0 fully saturated rings. The van der Waals surface area contributed by atoms with Crippen LogP contribution in [0.4, 0.5) is 11.5 Å². The van der Waals surface area contributed by atoms with Crippen LogP contribution in [0.5, 0.6) is 0 Å². The summed E-state index contributed by atoms with van der Waals surface area (Å²) in [7, 11) is 4.02. The Bertz CT molecular complexity index is 591. The predicted molar refractivity (Wildman–Crippen MR) is 86.5 cm³/mol. The van der Waals surface area contributed by atoms with Crippen LogP contribution < -0.4 is 10.2 Å². The van der Waals surface area contributed by atoms with Crippen LogP contribution in [-0.4, -0.2) is 19.1 Å². The van der Waals surface area contributed by atoms with Crippen molar-refractivity contribution < 1.29 is 0 Å². The average Bonchev–Trinajstić information content (AvgIpc) is 2.38. The molecule has 0 saturated heterocycles. The molecule has 2 aromatic rings. The fourth-order valence-electron chi connectivity index (χ4n) is 2.49. The number of pyridine rings is 1. The van der Waals surface area contributed by atoms with E-state index in [1.807, 2.05) is 31.3 Å². The minimum Gasteiger partial charge on any atom is -0.376 e. The van der Waals surface area contributed by atoms with Crippen LogP contribution in [0.15, 0.2) is 36.5 Å². The first-order chi connectivity index (χ1) is 9.49. The van der Waals surface area contributed by atoms with E-state index in [4.69, 9.17) is 0 Å². The Kier molecular flexibility index (Phi) is 4.28. The van der Waals surface area contributed by atoms with Gasteiger partial charge < -0.3 is 10.2 Å². The Morgan fingerprint density at radius 1 is 1.15 bits per heavy atom. The van der Waals surface area contributed by atoms with Crippen LogP contribution >= 0.6 is 0 Å². The van der Waals surface area contributed by atoms with Crippen LogP contribution in [-0.2, 0) is 0 Å². The number of benzene rings is 1. The zero-order valence-electron chi connectivity index (χ0n) is 12.9. The van der Waals surface area contributed by atoms with Crippen molar-refractivity contribution in [1.29, 1.82) is 0 Å². The van der Waals surface area contributed by atoms with Gasteiger partial charge in [-0.05, 0) is 44.0 Å². The number of rotatable bonds is 4. The van der Waals surface area contributed by atoms with Crippen LogP contribution in [0.3, 0.4) is 0 Å². The van der Waals surface area contributed by atoms with E-state index in [0.29, 0.717) is 0 Å². The second kappa shape index (κ2) is 5.95. The third-order valence-corrected chi connectivity index (χ3v) is 3.47. The van der Waals surface area contributed by atoms with E-state index in [1.165, 1.54) is 16.7 Å². The standard InChI is InChI=1S/C17H23N3/c1-12-8-9-15(13(2)11-12)14(3)19-16-7-6-10-18-17(16)20(4)5/h6-11,14,19H,1-5H3. The normalized spacial score (nSPS) is 12.1. The van der Waals surface area contributed by atoms with Gasteiger partial charge in [0, 0.05) is 26.3 Å². The first-order valence-electron chi connectivity index (χ1n) is 6.95. The maximum absolute atomic E-state index is 4.42. The zero-order valence-corrected chi connectivity index (χ0v) is 12.9. The summed E-state index contributed by atoms with van der Waals surface area (Å²) in [5, 5.41) is 3.56. The second-order valence-corrected chi connectivity index (χ2v) is 5.50. The molecule has 20 heavy (non-hydrogen) atoms. The van der Waals surface area contributed by atoms with Gasteiger partial charge in [0.1, 0.15) is 0 Å². The van der Waals surface area contributed by atoms with Crippen molar-refractivity contribution in [2.75, 3.05) is 24.3 Å². The highest BCUT2D eigenvalue weighted by Crippen LogP contribution is 2.27. The first-order valence-corrected chi connectivity index (χ1v) is 6.95. The predicted octanol–water partition coefficient (Wildman–Crippen LogP) is 3.94. The maximum atomic E-state index is 4.42. The fourth-order valence-corrected chi connectivity index (χ4v) is 2.49. The third-order valence-electron chi connectivity index (χ3n) is 3.47. The number of aromatic nitrogens is 1. The van der Waals surface area contributed by atoms with E-state index >= 15 is 0 Å². The van der Waals surface area contributed by atoms with Gasteiger partial charge in [0.05, 0.1) is 5.69 Å². The molecule has 1 aromatic heterocycles. The molecule has 0 aliphatic heterocycles. The molecule has 1 N–H and O–H groups in total. The minimum atomic E-state index is 0.249. The second-order valence-electron chi connectivity index (χ2n) is 5.50. The molecule has 106 valence electrons. The van der Waals surface area contributed by atoms with E-state index in [9.17, 15) is 0 Å². The van der Waals surface area contributed by atoms with Gasteiger partial charge in [-0.3, -0.25) is 0 Å². The lowest BCUT2D eigenvalue weighted by molar-refractivity contribution is 0.869. The Morgan fingerprint density at radius 2 is 1.90 bits per heavy atom. The first kappa shape index (κ1) is 14.4. The summed E-state index contributed by atoms with van der Waals surface area (Å²) in [5.74, 6) is 0.962. The van der Waals surface area contributed by atoms with Crippen LogP contribution in [0.1, 0.15) is 29.7 Å². The van der Waals surface area contributed by atoms with Crippen molar-refractivity contribution in [3.05, 3.63) is 53.2 Å². The number of aryl methyl sites for hydroxylation is 2. The van der Waals surface area contributed by atoms with Gasteiger partial charge in [-0.1, -0.05) is 23.8 Å². The summed E-state index contributed by atoms with van der Waals surface area (Å²) in [5.41, 5.74) is 5.00. The smallest absolute Gasteiger partial charge is 0.151 e. The summed E-state index contributed by atoms with van der Waals surface area (Å²) >= 11 is 0. The highest BCUT2D eigenvalue weighted by Gasteiger charge is 2.12. The molecular formula is C17H23N3. The van der Waals surface area contributed by atoms with Gasteiger partial charge in [-0.15, -0.1) is 0 Å². The molecule has 0 amide bonds. The van der Waals surface area contributed by atoms with Crippen molar-refractivity contribution in [3.8, 4) is 0 Å². The number of hydrogen-bond donors (Lipinski definition) is 1. The number of nitrogens with zero attached hydrogens (tertiary/aromatic N) is 2. The molecule has 0 bridgehead atoms. The van der Waals surface area contributed by atoms with E-state index in [0.717, 1.165) is 11.5 Å². The third kappa shape index (κ3) is 3.10. The Morgan fingerprint density at radius 3 is 2.55 bits per heavy atom.